The third-order valence-electron chi connectivity index (χ3n) is 3.21. The lowest BCUT2D eigenvalue weighted by atomic mass is 10.1. The Bertz CT molecular complexity index is 735. The monoisotopic (exact) mass is 362 g/mol. The van der Waals surface area contributed by atoms with Crippen LogP contribution in [0.4, 0.5) is 0 Å². The Morgan fingerprint density at radius 1 is 1.33 bits per heavy atom. The van der Waals surface area contributed by atoms with Gasteiger partial charge in [0.05, 0.1) is 19.7 Å². The van der Waals surface area contributed by atoms with Gasteiger partial charge in [-0.1, -0.05) is 30.7 Å². The molecule has 2 aromatic carbocycles. The molecule has 0 fully saturated rings. The largest absolute Gasteiger partial charge is 0.496 e. The number of hydrogen-bond donors (Lipinski definition) is 1. The molecule has 24 heavy (non-hydrogen) atoms. The molecule has 0 aliphatic rings. The van der Waals surface area contributed by atoms with Crippen LogP contribution in [0.3, 0.4) is 0 Å². The van der Waals surface area contributed by atoms with Gasteiger partial charge in [-0.25, -0.2) is 5.43 Å². The quantitative estimate of drug-likeness (QED) is 0.457. The van der Waals surface area contributed by atoms with Gasteiger partial charge in [0.15, 0.2) is 0 Å². The van der Waals surface area contributed by atoms with Crippen LogP contribution in [-0.4, -0.2) is 25.0 Å². The molecule has 0 saturated carbocycles. The predicted molar refractivity (Wildman–Crippen MR) is 100 cm³/mol. The molecular weight excluding hydrogens is 344 g/mol. The van der Waals surface area contributed by atoms with E-state index in [0.29, 0.717) is 10.8 Å². The number of para-hydroxylation sites is 1. The van der Waals surface area contributed by atoms with Crippen LogP contribution in [0, 0.1) is 0 Å². The normalized spacial score (nSPS) is 10.8. The molecule has 0 aromatic heterocycles. The number of benzene rings is 2. The number of carbonyl (C=O) groups is 1. The summed E-state index contributed by atoms with van der Waals surface area (Å²) in [5.41, 5.74) is 4.24. The van der Waals surface area contributed by atoms with Crippen molar-refractivity contribution in [3.63, 3.8) is 0 Å². The number of halogens is 1. The highest BCUT2D eigenvalue weighted by Crippen LogP contribution is 2.26. The van der Waals surface area contributed by atoms with Gasteiger partial charge in [-0.3, -0.25) is 4.79 Å². The van der Waals surface area contributed by atoms with Crippen molar-refractivity contribution in [1.29, 1.82) is 0 Å². The molecule has 0 atom stereocenters. The van der Waals surface area contributed by atoms with Crippen molar-refractivity contribution in [2.75, 3.05) is 12.9 Å². The zero-order chi connectivity index (χ0) is 17.4. The van der Waals surface area contributed by atoms with Gasteiger partial charge in [-0.05, 0) is 41.6 Å². The van der Waals surface area contributed by atoms with E-state index in [-0.39, 0.29) is 12.3 Å². The zero-order valence-electron chi connectivity index (χ0n) is 13.6. The highest BCUT2D eigenvalue weighted by molar-refractivity contribution is 7.99. The summed E-state index contributed by atoms with van der Waals surface area (Å²) >= 11 is 7.72. The van der Waals surface area contributed by atoms with Crippen molar-refractivity contribution in [2.45, 2.75) is 18.2 Å². The van der Waals surface area contributed by atoms with Gasteiger partial charge < -0.3 is 4.74 Å². The SMILES string of the molecule is CCSc1ccc(Cl)cc1CC(=O)N/N=C\c1ccccc1OC. The zero-order valence-corrected chi connectivity index (χ0v) is 15.2. The number of hydrogen-bond acceptors (Lipinski definition) is 4. The molecule has 0 spiro atoms. The average Bonchev–Trinajstić information content (AvgIpc) is 2.58. The number of nitrogens with zero attached hydrogens (tertiary/aromatic N) is 1. The Kier molecular flexibility index (Phi) is 7.15. The molecule has 0 aliphatic carbocycles. The molecule has 0 unspecified atom stereocenters. The number of carbonyl (C=O) groups excluding carboxylic acids is 1. The molecule has 1 N–H and O–H groups in total. The molecule has 2 rings (SSSR count). The molecule has 0 saturated heterocycles. The average molecular weight is 363 g/mol. The van der Waals surface area contributed by atoms with Crippen molar-refractivity contribution in [3.05, 3.63) is 58.6 Å². The summed E-state index contributed by atoms with van der Waals surface area (Å²) in [6, 6.07) is 13.1. The van der Waals surface area contributed by atoms with Gasteiger partial charge in [-0.15, -0.1) is 11.8 Å². The third-order valence-corrected chi connectivity index (χ3v) is 4.44. The van der Waals surface area contributed by atoms with E-state index in [0.717, 1.165) is 21.8 Å². The fourth-order valence-electron chi connectivity index (χ4n) is 2.14. The van der Waals surface area contributed by atoms with Gasteiger partial charge in [0.1, 0.15) is 5.75 Å². The van der Waals surface area contributed by atoms with Gasteiger partial charge in [0.25, 0.3) is 0 Å². The van der Waals surface area contributed by atoms with E-state index in [1.807, 2.05) is 42.5 Å². The molecule has 0 aliphatic heterocycles. The summed E-state index contributed by atoms with van der Waals surface area (Å²) in [7, 11) is 1.59. The minimum atomic E-state index is -0.193. The molecular formula is C18H19ClN2O2S. The minimum absolute atomic E-state index is 0.193. The lowest BCUT2D eigenvalue weighted by Crippen LogP contribution is -2.20. The van der Waals surface area contributed by atoms with Gasteiger partial charge in [0, 0.05) is 15.5 Å². The van der Waals surface area contributed by atoms with E-state index >= 15 is 0 Å². The smallest absolute Gasteiger partial charge is 0.244 e. The maximum atomic E-state index is 12.1. The fourth-order valence-corrected chi connectivity index (χ4v) is 3.13. The number of nitrogens with one attached hydrogen (secondary N) is 1. The maximum Gasteiger partial charge on any atom is 0.244 e. The predicted octanol–water partition coefficient (Wildman–Crippen LogP) is 4.15. The van der Waals surface area contributed by atoms with E-state index in [1.54, 1.807) is 25.1 Å². The highest BCUT2D eigenvalue weighted by Gasteiger charge is 2.09. The summed E-state index contributed by atoms with van der Waals surface area (Å²) in [5.74, 6) is 1.44. The lowest BCUT2D eigenvalue weighted by Gasteiger charge is -2.08. The summed E-state index contributed by atoms with van der Waals surface area (Å²) in [6.07, 6.45) is 1.79. The minimum Gasteiger partial charge on any atom is -0.496 e. The third kappa shape index (κ3) is 5.28. The van der Waals surface area contributed by atoms with Crippen LogP contribution in [0.15, 0.2) is 52.5 Å². The molecule has 0 radical (unpaired) electrons. The Hall–Kier alpha value is -1.98. The first kappa shape index (κ1) is 18.4. The second-order valence-electron chi connectivity index (χ2n) is 4.90. The lowest BCUT2D eigenvalue weighted by molar-refractivity contribution is -0.120. The Morgan fingerprint density at radius 3 is 2.88 bits per heavy atom. The Balaban J connectivity index is 2.01. The van der Waals surface area contributed by atoms with Crippen molar-refractivity contribution >= 4 is 35.5 Å². The van der Waals surface area contributed by atoms with Crippen LogP contribution in [0.25, 0.3) is 0 Å². The van der Waals surface area contributed by atoms with Crippen molar-refractivity contribution < 1.29 is 9.53 Å². The number of rotatable bonds is 7. The molecule has 2 aromatic rings. The highest BCUT2D eigenvalue weighted by atomic mass is 35.5. The summed E-state index contributed by atoms with van der Waals surface area (Å²) in [4.78, 5) is 13.2. The molecule has 0 heterocycles. The molecule has 6 heteroatoms. The van der Waals surface area contributed by atoms with Crippen LogP contribution in [0.5, 0.6) is 5.75 Å². The van der Waals surface area contributed by atoms with Crippen LogP contribution in [-0.2, 0) is 11.2 Å². The second-order valence-corrected chi connectivity index (χ2v) is 6.64. The van der Waals surface area contributed by atoms with Gasteiger partial charge in [0.2, 0.25) is 5.91 Å². The fraction of sp³-hybridized carbons (Fsp3) is 0.222. The van der Waals surface area contributed by atoms with E-state index in [4.69, 9.17) is 16.3 Å². The summed E-state index contributed by atoms with van der Waals surface area (Å²) < 4.78 is 5.23. The van der Waals surface area contributed by atoms with Crippen LogP contribution in [0.2, 0.25) is 5.02 Å². The Labute approximate surface area is 151 Å². The maximum absolute atomic E-state index is 12.1. The molecule has 126 valence electrons. The number of ether oxygens (including phenoxy) is 1. The molecule has 0 bridgehead atoms. The summed E-state index contributed by atoms with van der Waals surface area (Å²) in [6.45, 7) is 2.07. The van der Waals surface area contributed by atoms with Gasteiger partial charge >= 0.3 is 0 Å². The number of methoxy groups -OCH3 is 1. The van der Waals surface area contributed by atoms with Gasteiger partial charge in [-0.2, -0.15) is 5.10 Å². The van der Waals surface area contributed by atoms with E-state index in [2.05, 4.69) is 17.5 Å². The standard InChI is InChI=1S/C18H19ClN2O2S/c1-3-24-17-9-8-15(19)10-14(17)11-18(22)21-20-12-13-6-4-5-7-16(13)23-2/h4-10,12H,3,11H2,1-2H3,(H,21,22)/b20-12-. The first-order valence-corrected chi connectivity index (χ1v) is 8.86. The number of amides is 1. The van der Waals surface area contributed by atoms with Crippen molar-refractivity contribution in [2.24, 2.45) is 5.10 Å². The first-order valence-electron chi connectivity index (χ1n) is 7.50. The molecule has 1 amide bonds. The molecule has 4 nitrogen and oxygen atoms in total. The Morgan fingerprint density at radius 2 is 2.12 bits per heavy atom. The van der Waals surface area contributed by atoms with Crippen molar-refractivity contribution in [1.82, 2.24) is 5.43 Å². The van der Waals surface area contributed by atoms with Crippen LogP contribution < -0.4 is 10.2 Å². The van der Waals surface area contributed by atoms with E-state index in [1.165, 1.54) is 0 Å². The first-order chi connectivity index (χ1) is 11.6. The topological polar surface area (TPSA) is 50.7 Å². The number of hydrazone groups is 1. The van der Waals surface area contributed by atoms with Crippen LogP contribution in [0.1, 0.15) is 18.1 Å². The van der Waals surface area contributed by atoms with E-state index < -0.39 is 0 Å². The summed E-state index contributed by atoms with van der Waals surface area (Å²) in [5, 5.41) is 4.62. The number of thioether (sulfide) groups is 1. The van der Waals surface area contributed by atoms with Crippen molar-refractivity contribution in [3.8, 4) is 5.75 Å². The second kappa shape index (κ2) is 9.35. The van der Waals surface area contributed by atoms with Crippen LogP contribution >= 0.6 is 23.4 Å². The van der Waals surface area contributed by atoms with E-state index in [9.17, 15) is 4.79 Å².